The molecule has 0 amide bonds. The molecule has 0 unspecified atom stereocenters. The molecule has 4 heteroatoms. The highest BCUT2D eigenvalue weighted by Crippen LogP contribution is 2.32. The van der Waals surface area contributed by atoms with Crippen LogP contribution < -0.4 is 0 Å². The predicted molar refractivity (Wildman–Crippen MR) is 71.0 cm³/mol. The monoisotopic (exact) mass is 272 g/mol. The van der Waals surface area contributed by atoms with E-state index in [1.807, 2.05) is 18.2 Å². The standard InChI is InChI=1S/C16H9F3N/c17-16(18,19)13-7-5-12(6-8-13)15-14-4-2-1-3-11(14)9-10-20-15/h1-3,5-10H. The number of pyridine rings is 1. The Morgan fingerprint density at radius 1 is 0.950 bits per heavy atom. The molecule has 3 rings (SSSR count). The Labute approximate surface area is 113 Å². The summed E-state index contributed by atoms with van der Waals surface area (Å²) >= 11 is 0. The van der Waals surface area contributed by atoms with E-state index in [4.69, 9.17) is 0 Å². The molecule has 1 nitrogen and oxygen atoms in total. The number of alkyl halides is 3. The van der Waals surface area contributed by atoms with Crippen LogP contribution in [0.5, 0.6) is 0 Å². The lowest BCUT2D eigenvalue weighted by Crippen LogP contribution is -2.04. The summed E-state index contributed by atoms with van der Waals surface area (Å²) < 4.78 is 37.7. The van der Waals surface area contributed by atoms with Crippen LogP contribution >= 0.6 is 0 Å². The molecule has 2 aromatic carbocycles. The van der Waals surface area contributed by atoms with E-state index in [2.05, 4.69) is 11.1 Å². The molecule has 0 aliphatic heterocycles. The first kappa shape index (κ1) is 12.7. The molecule has 0 aliphatic rings. The summed E-state index contributed by atoms with van der Waals surface area (Å²) in [5.74, 6) is 0. The van der Waals surface area contributed by atoms with Gasteiger partial charge in [-0.1, -0.05) is 30.3 Å². The largest absolute Gasteiger partial charge is 0.416 e. The summed E-state index contributed by atoms with van der Waals surface area (Å²) in [6.45, 7) is 0. The van der Waals surface area contributed by atoms with E-state index >= 15 is 0 Å². The quantitative estimate of drug-likeness (QED) is 0.624. The van der Waals surface area contributed by atoms with Crippen LogP contribution in [0.15, 0.2) is 54.7 Å². The first-order chi connectivity index (χ1) is 9.55. The molecule has 3 aromatic rings. The number of rotatable bonds is 1. The number of hydrogen-bond donors (Lipinski definition) is 0. The summed E-state index contributed by atoms with van der Waals surface area (Å²) in [7, 11) is 0. The zero-order valence-corrected chi connectivity index (χ0v) is 10.3. The average Bonchev–Trinajstić information content (AvgIpc) is 2.46. The van der Waals surface area contributed by atoms with E-state index in [1.54, 1.807) is 12.3 Å². The maximum Gasteiger partial charge on any atom is 0.416 e. The Balaban J connectivity index is 2.12. The molecule has 0 bridgehead atoms. The highest BCUT2D eigenvalue weighted by molar-refractivity contribution is 5.93. The lowest BCUT2D eigenvalue weighted by atomic mass is 10.0. The number of fused-ring (bicyclic) bond motifs is 1. The molecule has 0 fully saturated rings. The molecule has 1 aromatic heterocycles. The van der Waals surface area contributed by atoms with Gasteiger partial charge < -0.3 is 0 Å². The van der Waals surface area contributed by atoms with Crippen molar-refractivity contribution >= 4 is 10.8 Å². The van der Waals surface area contributed by atoms with Gasteiger partial charge in [-0.25, -0.2) is 0 Å². The highest BCUT2D eigenvalue weighted by Gasteiger charge is 2.30. The Morgan fingerprint density at radius 2 is 1.70 bits per heavy atom. The van der Waals surface area contributed by atoms with Crippen LogP contribution in [-0.2, 0) is 6.18 Å². The molecular formula is C16H9F3N. The summed E-state index contributed by atoms with van der Waals surface area (Å²) in [5, 5.41) is 1.76. The second kappa shape index (κ2) is 4.63. The second-order valence-corrected chi connectivity index (χ2v) is 4.37. The van der Waals surface area contributed by atoms with Crippen LogP contribution in [0.25, 0.3) is 22.0 Å². The molecule has 99 valence electrons. The fourth-order valence-corrected chi connectivity index (χ4v) is 2.09. The summed E-state index contributed by atoms with van der Waals surface area (Å²) in [6, 6.07) is 15.5. The van der Waals surface area contributed by atoms with Gasteiger partial charge in [0.15, 0.2) is 0 Å². The topological polar surface area (TPSA) is 12.9 Å². The first-order valence-corrected chi connectivity index (χ1v) is 5.99. The summed E-state index contributed by atoms with van der Waals surface area (Å²) in [5.41, 5.74) is 0.619. The van der Waals surface area contributed by atoms with Gasteiger partial charge in [0.05, 0.1) is 11.3 Å². The minimum atomic E-state index is -4.32. The van der Waals surface area contributed by atoms with Gasteiger partial charge in [-0.15, -0.1) is 0 Å². The van der Waals surface area contributed by atoms with Gasteiger partial charge in [0, 0.05) is 17.1 Å². The third-order valence-corrected chi connectivity index (χ3v) is 3.07. The average molecular weight is 272 g/mol. The van der Waals surface area contributed by atoms with Crippen molar-refractivity contribution in [3.8, 4) is 11.3 Å². The van der Waals surface area contributed by atoms with E-state index in [-0.39, 0.29) is 0 Å². The fraction of sp³-hybridized carbons (Fsp3) is 0.0625. The molecule has 0 saturated carbocycles. The van der Waals surface area contributed by atoms with E-state index in [9.17, 15) is 13.2 Å². The van der Waals surface area contributed by atoms with Crippen molar-refractivity contribution in [1.82, 2.24) is 4.98 Å². The smallest absolute Gasteiger partial charge is 0.256 e. The molecular weight excluding hydrogens is 263 g/mol. The summed E-state index contributed by atoms with van der Waals surface area (Å²) in [6.07, 6.45) is -2.68. The Morgan fingerprint density at radius 3 is 2.40 bits per heavy atom. The second-order valence-electron chi connectivity index (χ2n) is 4.37. The number of halogens is 3. The van der Waals surface area contributed by atoms with Crippen LogP contribution in [0.3, 0.4) is 0 Å². The SMILES string of the molecule is FC(F)(F)c1ccc(-c2nccc3ccc[c]c23)cc1. The van der Waals surface area contributed by atoms with Crippen molar-refractivity contribution in [2.24, 2.45) is 0 Å². The predicted octanol–water partition coefficient (Wildman–Crippen LogP) is 4.72. The van der Waals surface area contributed by atoms with Crippen LogP contribution in [0.2, 0.25) is 0 Å². The van der Waals surface area contributed by atoms with Crippen molar-refractivity contribution in [3.63, 3.8) is 0 Å². The number of benzene rings is 2. The maximum atomic E-state index is 12.6. The number of nitrogens with zero attached hydrogens (tertiary/aromatic N) is 1. The third kappa shape index (κ3) is 2.25. The molecule has 0 spiro atoms. The zero-order chi connectivity index (χ0) is 14.2. The number of hydrogen-bond acceptors (Lipinski definition) is 1. The highest BCUT2D eigenvalue weighted by atomic mass is 19.4. The normalized spacial score (nSPS) is 11.8. The molecule has 20 heavy (non-hydrogen) atoms. The maximum absolute atomic E-state index is 12.6. The molecule has 0 aliphatic carbocycles. The van der Waals surface area contributed by atoms with Crippen LogP contribution in [0.4, 0.5) is 13.2 Å². The van der Waals surface area contributed by atoms with Crippen molar-refractivity contribution in [1.29, 1.82) is 0 Å². The van der Waals surface area contributed by atoms with Crippen LogP contribution in [0, 0.1) is 6.07 Å². The zero-order valence-electron chi connectivity index (χ0n) is 10.3. The van der Waals surface area contributed by atoms with Crippen molar-refractivity contribution in [2.45, 2.75) is 6.18 Å². The van der Waals surface area contributed by atoms with Gasteiger partial charge in [0.2, 0.25) is 0 Å². The van der Waals surface area contributed by atoms with Gasteiger partial charge in [-0.2, -0.15) is 13.2 Å². The lowest BCUT2D eigenvalue weighted by Gasteiger charge is -2.08. The van der Waals surface area contributed by atoms with Crippen LogP contribution in [-0.4, -0.2) is 4.98 Å². The molecule has 0 N–H and O–H groups in total. The van der Waals surface area contributed by atoms with Crippen molar-refractivity contribution in [3.05, 3.63) is 66.4 Å². The van der Waals surface area contributed by atoms with E-state index in [1.165, 1.54) is 12.1 Å². The van der Waals surface area contributed by atoms with Gasteiger partial charge >= 0.3 is 6.18 Å². The van der Waals surface area contributed by atoms with Crippen molar-refractivity contribution < 1.29 is 13.2 Å². The fourth-order valence-electron chi connectivity index (χ4n) is 2.09. The summed E-state index contributed by atoms with van der Waals surface area (Å²) in [4.78, 5) is 4.26. The lowest BCUT2D eigenvalue weighted by molar-refractivity contribution is -0.137. The Bertz CT molecular complexity index is 740. The van der Waals surface area contributed by atoms with Gasteiger partial charge in [0.1, 0.15) is 0 Å². The molecule has 1 heterocycles. The Hall–Kier alpha value is -2.36. The van der Waals surface area contributed by atoms with E-state index < -0.39 is 11.7 Å². The molecule has 1 radical (unpaired) electrons. The van der Waals surface area contributed by atoms with E-state index in [0.717, 1.165) is 22.9 Å². The Kier molecular flexibility index (Phi) is 2.93. The van der Waals surface area contributed by atoms with Gasteiger partial charge in [0.25, 0.3) is 0 Å². The third-order valence-electron chi connectivity index (χ3n) is 3.07. The number of aromatic nitrogens is 1. The van der Waals surface area contributed by atoms with E-state index in [0.29, 0.717) is 11.3 Å². The molecule has 0 atom stereocenters. The molecule has 0 saturated heterocycles. The van der Waals surface area contributed by atoms with Gasteiger partial charge in [-0.05, 0) is 29.7 Å². The minimum absolute atomic E-state index is 0.636. The minimum Gasteiger partial charge on any atom is -0.256 e. The van der Waals surface area contributed by atoms with Crippen molar-refractivity contribution in [2.75, 3.05) is 0 Å². The van der Waals surface area contributed by atoms with Crippen LogP contribution in [0.1, 0.15) is 5.56 Å². The van der Waals surface area contributed by atoms with Gasteiger partial charge in [-0.3, -0.25) is 4.98 Å². The first-order valence-electron chi connectivity index (χ1n) is 5.99.